The summed E-state index contributed by atoms with van der Waals surface area (Å²) in [5.74, 6) is -0.0281. The minimum absolute atomic E-state index is 0.0264. The Morgan fingerprint density at radius 3 is 3.15 bits per heavy atom. The zero-order valence-corrected chi connectivity index (χ0v) is 11.6. The van der Waals surface area contributed by atoms with Gasteiger partial charge in [0.15, 0.2) is 11.6 Å². The molecule has 3 rings (SSSR count). The Bertz CT molecular complexity index is 639. The van der Waals surface area contributed by atoms with Crippen molar-refractivity contribution in [3.8, 4) is 5.75 Å². The van der Waals surface area contributed by atoms with Gasteiger partial charge in [0.05, 0.1) is 24.4 Å². The summed E-state index contributed by atoms with van der Waals surface area (Å²) in [5, 5.41) is 5.08. The normalized spacial score (nSPS) is 19.7. The quantitative estimate of drug-likeness (QED) is 0.924. The molecule has 0 radical (unpaired) electrons. The summed E-state index contributed by atoms with van der Waals surface area (Å²) in [4.78, 5) is 0. The van der Waals surface area contributed by atoms with Crippen LogP contribution < -0.4 is 10.5 Å². The predicted molar refractivity (Wildman–Crippen MR) is 73.3 cm³/mol. The first-order valence-electron chi connectivity index (χ1n) is 6.68. The van der Waals surface area contributed by atoms with Crippen LogP contribution in [0.1, 0.15) is 12.5 Å². The van der Waals surface area contributed by atoms with Gasteiger partial charge >= 0.3 is 0 Å². The molecular formula is C14H18FN3O2. The zero-order valence-electron chi connectivity index (χ0n) is 11.6. The third kappa shape index (κ3) is 2.14. The molecule has 0 saturated heterocycles. The Labute approximate surface area is 116 Å². The molecule has 2 aromatic rings. The van der Waals surface area contributed by atoms with Gasteiger partial charge in [0.25, 0.3) is 0 Å². The topological polar surface area (TPSA) is 62.3 Å². The second-order valence-corrected chi connectivity index (χ2v) is 5.28. The first kappa shape index (κ1) is 13.3. The highest BCUT2D eigenvalue weighted by molar-refractivity contribution is 5.85. The fraction of sp³-hybridized carbons (Fsp3) is 0.500. The average molecular weight is 279 g/mol. The van der Waals surface area contributed by atoms with Crippen molar-refractivity contribution in [1.82, 2.24) is 9.78 Å². The molecule has 2 N–H and O–H groups in total. The van der Waals surface area contributed by atoms with E-state index in [-0.39, 0.29) is 18.0 Å². The minimum atomic E-state index is -0.345. The van der Waals surface area contributed by atoms with Crippen molar-refractivity contribution >= 4 is 10.9 Å². The van der Waals surface area contributed by atoms with Crippen LogP contribution >= 0.6 is 0 Å². The Balaban J connectivity index is 2.17. The Hall–Kier alpha value is -1.66. The third-order valence-electron chi connectivity index (χ3n) is 3.57. The highest BCUT2D eigenvalue weighted by Gasteiger charge is 2.26. The lowest BCUT2D eigenvalue weighted by Crippen LogP contribution is -2.29. The second kappa shape index (κ2) is 5.03. The molecule has 0 amide bonds. The van der Waals surface area contributed by atoms with Gasteiger partial charge in [-0.2, -0.15) is 5.10 Å². The molecule has 6 heteroatoms. The van der Waals surface area contributed by atoms with Crippen LogP contribution in [-0.2, 0) is 17.7 Å². The molecule has 5 nitrogen and oxygen atoms in total. The first-order chi connectivity index (χ1) is 9.60. The van der Waals surface area contributed by atoms with E-state index in [0.29, 0.717) is 25.3 Å². The van der Waals surface area contributed by atoms with E-state index in [2.05, 4.69) is 5.10 Å². The number of halogens is 1. The minimum Gasteiger partial charge on any atom is -0.487 e. The van der Waals surface area contributed by atoms with Gasteiger partial charge in [0.2, 0.25) is 0 Å². The van der Waals surface area contributed by atoms with E-state index in [9.17, 15) is 4.39 Å². The SMILES string of the molecule is COC1COc2c(F)cc3cnn(C[C@H](C)N)c3c2C1. The van der Waals surface area contributed by atoms with Crippen LogP contribution in [0.3, 0.4) is 0 Å². The molecule has 1 aliphatic heterocycles. The number of ether oxygens (including phenoxy) is 2. The third-order valence-corrected chi connectivity index (χ3v) is 3.57. The van der Waals surface area contributed by atoms with Gasteiger partial charge < -0.3 is 15.2 Å². The molecule has 0 bridgehead atoms. The fourth-order valence-electron chi connectivity index (χ4n) is 2.66. The summed E-state index contributed by atoms with van der Waals surface area (Å²) in [7, 11) is 1.63. The number of fused-ring (bicyclic) bond motifs is 3. The van der Waals surface area contributed by atoms with Crippen LogP contribution in [0.4, 0.5) is 4.39 Å². The number of benzene rings is 1. The highest BCUT2D eigenvalue weighted by atomic mass is 19.1. The van der Waals surface area contributed by atoms with Gasteiger partial charge in [-0.3, -0.25) is 4.68 Å². The lowest BCUT2D eigenvalue weighted by atomic mass is 10.0. The molecule has 0 spiro atoms. The summed E-state index contributed by atoms with van der Waals surface area (Å²) < 4.78 is 26.8. The largest absolute Gasteiger partial charge is 0.487 e. The van der Waals surface area contributed by atoms with Crippen LogP contribution in [0.2, 0.25) is 0 Å². The lowest BCUT2D eigenvalue weighted by Gasteiger charge is -2.25. The maximum absolute atomic E-state index is 14.1. The van der Waals surface area contributed by atoms with Crippen molar-refractivity contribution in [2.24, 2.45) is 5.73 Å². The second-order valence-electron chi connectivity index (χ2n) is 5.28. The van der Waals surface area contributed by atoms with Crippen LogP contribution in [0.5, 0.6) is 5.75 Å². The van der Waals surface area contributed by atoms with Crippen molar-refractivity contribution in [3.05, 3.63) is 23.6 Å². The molecule has 1 aromatic heterocycles. The van der Waals surface area contributed by atoms with Crippen LogP contribution in [0.15, 0.2) is 12.3 Å². The van der Waals surface area contributed by atoms with E-state index in [1.165, 1.54) is 6.07 Å². The van der Waals surface area contributed by atoms with Crippen molar-refractivity contribution in [3.63, 3.8) is 0 Å². The average Bonchev–Trinajstić information content (AvgIpc) is 2.80. The number of nitrogens with two attached hydrogens (primary N) is 1. The molecule has 20 heavy (non-hydrogen) atoms. The molecule has 0 saturated carbocycles. The van der Waals surface area contributed by atoms with Crippen LogP contribution in [0, 0.1) is 5.82 Å². The maximum atomic E-state index is 14.1. The van der Waals surface area contributed by atoms with E-state index < -0.39 is 0 Å². The first-order valence-corrected chi connectivity index (χ1v) is 6.68. The van der Waals surface area contributed by atoms with Crippen molar-refractivity contribution in [2.75, 3.05) is 13.7 Å². The zero-order chi connectivity index (χ0) is 14.3. The molecule has 0 fully saturated rings. The molecule has 1 aromatic carbocycles. The monoisotopic (exact) mass is 279 g/mol. The Kier molecular flexibility index (Phi) is 3.35. The standard InChI is InChI=1S/C14H18FN3O2/c1-8(16)6-18-13-9(5-17-18)3-12(15)14-11(13)4-10(19-2)7-20-14/h3,5,8,10H,4,6-7,16H2,1-2H3/t8-,10?/m0/s1. The summed E-state index contributed by atoms with van der Waals surface area (Å²) in [6.07, 6.45) is 2.22. The number of aromatic nitrogens is 2. The summed E-state index contributed by atoms with van der Waals surface area (Å²) >= 11 is 0. The fourth-order valence-corrected chi connectivity index (χ4v) is 2.66. The van der Waals surface area contributed by atoms with Gasteiger partial charge in [-0.15, -0.1) is 0 Å². The number of hydrogen-bond acceptors (Lipinski definition) is 4. The predicted octanol–water partition coefficient (Wildman–Crippen LogP) is 1.47. The Morgan fingerprint density at radius 1 is 1.65 bits per heavy atom. The molecule has 2 heterocycles. The molecule has 2 atom stereocenters. The molecule has 1 aliphatic rings. The van der Waals surface area contributed by atoms with Crippen LogP contribution in [-0.4, -0.2) is 35.6 Å². The van der Waals surface area contributed by atoms with Crippen molar-refractivity contribution in [2.45, 2.75) is 32.0 Å². The maximum Gasteiger partial charge on any atom is 0.166 e. The van der Waals surface area contributed by atoms with Crippen LogP contribution in [0.25, 0.3) is 10.9 Å². The lowest BCUT2D eigenvalue weighted by molar-refractivity contribution is 0.0452. The van der Waals surface area contributed by atoms with E-state index >= 15 is 0 Å². The van der Waals surface area contributed by atoms with Gasteiger partial charge in [-0.1, -0.05) is 0 Å². The Morgan fingerprint density at radius 2 is 2.45 bits per heavy atom. The molecule has 1 unspecified atom stereocenters. The number of methoxy groups -OCH3 is 1. The molecular weight excluding hydrogens is 261 g/mol. The van der Waals surface area contributed by atoms with E-state index in [1.54, 1.807) is 13.3 Å². The smallest absolute Gasteiger partial charge is 0.166 e. The van der Waals surface area contributed by atoms with Crippen molar-refractivity contribution in [1.29, 1.82) is 0 Å². The number of nitrogens with zero attached hydrogens (tertiary/aromatic N) is 2. The summed E-state index contributed by atoms with van der Waals surface area (Å²) in [6.45, 7) is 2.87. The van der Waals surface area contributed by atoms with Crippen molar-refractivity contribution < 1.29 is 13.9 Å². The van der Waals surface area contributed by atoms with Gasteiger partial charge in [-0.25, -0.2) is 4.39 Å². The molecule has 108 valence electrons. The van der Waals surface area contributed by atoms with Gasteiger partial charge in [-0.05, 0) is 13.0 Å². The van der Waals surface area contributed by atoms with E-state index in [0.717, 1.165) is 16.5 Å². The van der Waals surface area contributed by atoms with E-state index in [1.807, 2.05) is 11.6 Å². The number of rotatable bonds is 3. The highest BCUT2D eigenvalue weighted by Crippen LogP contribution is 2.35. The number of hydrogen-bond donors (Lipinski definition) is 1. The summed E-state index contributed by atoms with van der Waals surface area (Å²) in [5.41, 5.74) is 7.55. The van der Waals surface area contributed by atoms with Gasteiger partial charge in [0.1, 0.15) is 6.61 Å². The van der Waals surface area contributed by atoms with Gasteiger partial charge in [0, 0.05) is 30.5 Å². The van der Waals surface area contributed by atoms with E-state index in [4.69, 9.17) is 15.2 Å². The molecule has 0 aliphatic carbocycles. The summed E-state index contributed by atoms with van der Waals surface area (Å²) in [6, 6.07) is 1.44.